The van der Waals surface area contributed by atoms with E-state index in [1.165, 1.54) is 35.3 Å². The molecule has 2 saturated heterocycles. The maximum atomic E-state index is 5.12. The van der Waals surface area contributed by atoms with Gasteiger partial charge in [-0.05, 0) is 23.2 Å². The van der Waals surface area contributed by atoms with Crippen molar-refractivity contribution in [3.63, 3.8) is 0 Å². The fourth-order valence-electron chi connectivity index (χ4n) is 2.37. The van der Waals surface area contributed by atoms with E-state index in [4.69, 9.17) is 8.92 Å². The monoisotopic (exact) mass is 436 g/mol. The van der Waals surface area contributed by atoms with Gasteiger partial charge in [0.1, 0.15) is 6.10 Å². The lowest BCUT2D eigenvalue weighted by Gasteiger charge is -2.13. The third-order valence-electron chi connectivity index (χ3n) is 3.84. The lowest BCUT2D eigenvalue weighted by molar-refractivity contribution is 0.296. The lowest BCUT2D eigenvalue weighted by Crippen LogP contribution is -2.08. The summed E-state index contributed by atoms with van der Waals surface area (Å²) >= 11 is 3.45. The van der Waals surface area contributed by atoms with Gasteiger partial charge in [-0.25, -0.2) is 0 Å². The van der Waals surface area contributed by atoms with Gasteiger partial charge in [0.2, 0.25) is 0 Å². The van der Waals surface area contributed by atoms with Gasteiger partial charge in [0.25, 0.3) is 0 Å². The zero-order chi connectivity index (χ0) is 19.4. The smallest absolute Gasteiger partial charge is 0.105 e. The Labute approximate surface area is 186 Å². The van der Waals surface area contributed by atoms with Gasteiger partial charge < -0.3 is 8.92 Å². The van der Waals surface area contributed by atoms with Gasteiger partial charge >= 0.3 is 0 Å². The van der Waals surface area contributed by atoms with Crippen molar-refractivity contribution < 1.29 is 8.92 Å². The van der Waals surface area contributed by atoms with Crippen molar-refractivity contribution in [2.45, 2.75) is 31.1 Å². The summed E-state index contributed by atoms with van der Waals surface area (Å²) in [5.74, 6) is 2.06. The predicted octanol–water partition coefficient (Wildman–Crippen LogP) is 6.44. The van der Waals surface area contributed by atoms with Crippen LogP contribution in [0.1, 0.15) is 31.4 Å². The number of epoxide rings is 1. The summed E-state index contributed by atoms with van der Waals surface area (Å²) in [5, 5.41) is 0. The number of benzene rings is 2. The molecule has 0 spiro atoms. The van der Waals surface area contributed by atoms with Crippen molar-refractivity contribution in [1.82, 2.24) is 0 Å². The van der Waals surface area contributed by atoms with E-state index in [0.29, 0.717) is 6.10 Å². The number of ether oxygens (including phenoxy) is 1. The van der Waals surface area contributed by atoms with Crippen molar-refractivity contribution in [2.24, 2.45) is 0 Å². The maximum absolute atomic E-state index is 5.12. The van der Waals surface area contributed by atoms with Crippen LogP contribution in [0, 0.1) is 0 Å². The highest BCUT2D eigenvalue weighted by Crippen LogP contribution is 2.58. The molecule has 0 aliphatic carbocycles. The zero-order valence-corrected chi connectivity index (χ0v) is 19.4. The summed E-state index contributed by atoms with van der Waals surface area (Å²) in [6.45, 7) is 9.40. The van der Waals surface area contributed by atoms with Crippen molar-refractivity contribution in [1.29, 1.82) is 0 Å². The summed E-state index contributed by atoms with van der Waals surface area (Å²) in [6.07, 6.45) is 3.45. The SMILES string of the molecule is C=CCSOCC1CO1.CCC.S.c1ccc(C2(c3ccccc3)CS2)cc1. The quantitative estimate of drug-likeness (QED) is 0.215. The molecule has 0 aromatic heterocycles. The zero-order valence-electron chi connectivity index (χ0n) is 16.8. The van der Waals surface area contributed by atoms with Crippen LogP contribution in [0.5, 0.6) is 0 Å². The van der Waals surface area contributed by atoms with E-state index in [9.17, 15) is 0 Å². The Morgan fingerprint density at radius 1 is 1.11 bits per heavy atom. The summed E-state index contributed by atoms with van der Waals surface area (Å²) in [5.41, 5.74) is 2.86. The molecule has 154 valence electrons. The number of hydrogen-bond donors (Lipinski definition) is 0. The average Bonchev–Trinajstić information content (AvgIpc) is 3.63. The highest BCUT2D eigenvalue weighted by Gasteiger charge is 2.46. The Bertz CT molecular complexity index is 600. The van der Waals surface area contributed by atoms with Crippen molar-refractivity contribution >= 4 is 37.3 Å². The molecule has 2 aliphatic heterocycles. The molecule has 28 heavy (non-hydrogen) atoms. The highest BCUT2D eigenvalue weighted by molar-refractivity contribution is 8.07. The molecule has 0 bridgehead atoms. The molecule has 0 N–H and O–H groups in total. The van der Waals surface area contributed by atoms with Gasteiger partial charge in [0.05, 0.1) is 18.0 Å². The topological polar surface area (TPSA) is 21.8 Å². The normalized spacial score (nSPS) is 17.6. The third kappa shape index (κ3) is 8.66. The minimum absolute atomic E-state index is 0. The van der Waals surface area contributed by atoms with Crippen LogP contribution < -0.4 is 0 Å². The molecule has 1 unspecified atom stereocenters. The van der Waals surface area contributed by atoms with E-state index in [1.807, 2.05) is 17.8 Å². The van der Waals surface area contributed by atoms with Gasteiger partial charge in [-0.1, -0.05) is 87.0 Å². The third-order valence-corrected chi connectivity index (χ3v) is 5.85. The van der Waals surface area contributed by atoms with E-state index >= 15 is 0 Å². The van der Waals surface area contributed by atoms with Crippen molar-refractivity contribution in [3.05, 3.63) is 84.4 Å². The second-order valence-corrected chi connectivity index (χ2v) is 8.45. The van der Waals surface area contributed by atoms with Gasteiger partial charge in [-0.3, -0.25) is 0 Å². The molecular formula is C23H32O2S3. The minimum Gasteiger partial charge on any atom is -0.371 e. The molecule has 0 amide bonds. The van der Waals surface area contributed by atoms with Gasteiger partial charge in [-0.2, -0.15) is 13.5 Å². The van der Waals surface area contributed by atoms with E-state index in [1.54, 1.807) is 0 Å². The molecule has 2 aromatic carbocycles. The van der Waals surface area contributed by atoms with Crippen LogP contribution in [0.2, 0.25) is 0 Å². The fourth-order valence-corrected chi connectivity index (χ4v) is 3.90. The first-order valence-corrected chi connectivity index (χ1v) is 11.4. The molecule has 0 saturated carbocycles. The van der Waals surface area contributed by atoms with E-state index in [-0.39, 0.29) is 18.2 Å². The summed E-state index contributed by atoms with van der Waals surface area (Å²) in [7, 11) is 0. The maximum Gasteiger partial charge on any atom is 0.105 e. The average molecular weight is 437 g/mol. The second kappa shape index (κ2) is 14.2. The van der Waals surface area contributed by atoms with E-state index in [0.717, 1.165) is 19.0 Å². The summed E-state index contributed by atoms with van der Waals surface area (Å²) in [4.78, 5) is 0. The molecule has 2 aromatic rings. The lowest BCUT2D eigenvalue weighted by atomic mass is 9.93. The molecule has 1 atom stereocenters. The van der Waals surface area contributed by atoms with E-state index < -0.39 is 0 Å². The first kappa shape index (κ1) is 25.2. The van der Waals surface area contributed by atoms with Crippen LogP contribution in [-0.2, 0) is 13.7 Å². The number of hydrogen-bond acceptors (Lipinski definition) is 4. The molecule has 2 aliphatic rings. The molecule has 2 nitrogen and oxygen atoms in total. The Morgan fingerprint density at radius 3 is 1.93 bits per heavy atom. The van der Waals surface area contributed by atoms with Crippen LogP contribution >= 0.6 is 37.3 Å². The molecular weight excluding hydrogens is 404 g/mol. The molecule has 0 radical (unpaired) electrons. The Hall–Kier alpha value is -0.850. The first-order chi connectivity index (χ1) is 13.3. The van der Waals surface area contributed by atoms with Gasteiger partial charge in [0.15, 0.2) is 0 Å². The van der Waals surface area contributed by atoms with Gasteiger partial charge in [0, 0.05) is 11.5 Å². The minimum atomic E-state index is 0. The van der Waals surface area contributed by atoms with Crippen LogP contribution in [0.25, 0.3) is 0 Å². The van der Waals surface area contributed by atoms with Crippen LogP contribution in [0.15, 0.2) is 73.3 Å². The van der Waals surface area contributed by atoms with Crippen molar-refractivity contribution in [2.75, 3.05) is 24.7 Å². The number of rotatable bonds is 7. The van der Waals surface area contributed by atoms with Crippen LogP contribution in [0.4, 0.5) is 0 Å². The largest absolute Gasteiger partial charge is 0.371 e. The van der Waals surface area contributed by atoms with Gasteiger partial charge in [-0.15, -0.1) is 18.3 Å². The second-order valence-electron chi connectivity index (χ2n) is 6.37. The summed E-state index contributed by atoms with van der Waals surface area (Å²) < 4.78 is 10.3. The number of thioether (sulfide) groups is 1. The Kier molecular flexibility index (Phi) is 12.8. The molecule has 2 fully saturated rings. The fraction of sp³-hybridized carbons (Fsp3) is 0.391. The predicted molar refractivity (Wildman–Crippen MR) is 131 cm³/mol. The Morgan fingerprint density at radius 2 is 1.57 bits per heavy atom. The molecule has 5 heteroatoms. The standard InChI is InChI=1S/C14H12S.C6H10O2S.C3H8.H2S/c1-3-7-12(8-4-1)14(11-15-14)13-9-5-2-6-10-13;1-2-3-9-8-5-6-4-7-6;1-3-2;/h1-10H,11H2;2,6H,1,3-5H2;3H2,1-2H3;1H2. The van der Waals surface area contributed by atoms with E-state index in [2.05, 4.69) is 81.1 Å². The summed E-state index contributed by atoms with van der Waals surface area (Å²) in [6, 6.07) is 21.6. The molecule has 4 rings (SSSR count). The van der Waals surface area contributed by atoms with Crippen LogP contribution in [-0.4, -0.2) is 30.8 Å². The van der Waals surface area contributed by atoms with Crippen LogP contribution in [0.3, 0.4) is 0 Å². The first-order valence-electron chi connectivity index (χ1n) is 9.48. The molecule has 2 heterocycles. The highest BCUT2D eigenvalue weighted by atomic mass is 32.2. The Balaban J connectivity index is 0.000000261. The van der Waals surface area contributed by atoms with Crippen molar-refractivity contribution in [3.8, 4) is 0 Å².